The normalized spacial score (nSPS) is 9.80. The van der Waals surface area contributed by atoms with Crippen LogP contribution in [-0.2, 0) is 0 Å². The molecule has 0 fully saturated rings. The van der Waals surface area contributed by atoms with Gasteiger partial charge >= 0.3 is 0 Å². The van der Waals surface area contributed by atoms with Gasteiger partial charge in [-0.25, -0.2) is 0 Å². The van der Waals surface area contributed by atoms with E-state index in [-0.39, 0.29) is 0 Å². The molecule has 0 N–H and O–H groups in total. The van der Waals surface area contributed by atoms with Crippen molar-refractivity contribution in [3.8, 4) is 0 Å². The van der Waals surface area contributed by atoms with Crippen molar-refractivity contribution in [2.45, 2.75) is 55.4 Å². The SMILES string of the molecule is CC.CC.CC.CC.CN(c1ccc(C=CC=C(c2ccccc2)c2ccccc2)cc1)c1ccc(C=CC=C(c2ccccc2)c2ccccc2)cc1. The van der Waals surface area contributed by atoms with Crippen LogP contribution in [-0.4, -0.2) is 7.05 Å². The molecule has 0 aliphatic heterocycles. The Morgan fingerprint density at radius 2 is 0.574 bits per heavy atom. The molecule has 0 heterocycles. The first kappa shape index (κ1) is 44.2. The van der Waals surface area contributed by atoms with Gasteiger partial charge in [0.05, 0.1) is 0 Å². The van der Waals surface area contributed by atoms with Gasteiger partial charge in [-0.1, -0.05) is 237 Å². The molecular weight excluding hydrogens is 651 g/mol. The number of rotatable bonds is 10. The van der Waals surface area contributed by atoms with Gasteiger partial charge in [0.1, 0.15) is 0 Å². The molecule has 278 valence electrons. The lowest BCUT2D eigenvalue weighted by atomic mass is 9.97. The van der Waals surface area contributed by atoms with Crippen molar-refractivity contribution in [3.05, 3.63) is 228 Å². The molecule has 0 unspecified atom stereocenters. The van der Waals surface area contributed by atoms with Gasteiger partial charge in [-0.05, 0) is 68.8 Å². The van der Waals surface area contributed by atoms with E-state index in [4.69, 9.17) is 0 Å². The van der Waals surface area contributed by atoms with Crippen LogP contribution in [0.1, 0.15) is 88.8 Å². The lowest BCUT2D eigenvalue weighted by Crippen LogP contribution is -2.08. The van der Waals surface area contributed by atoms with Crippen molar-refractivity contribution < 1.29 is 0 Å². The van der Waals surface area contributed by atoms with Gasteiger partial charge in [0.25, 0.3) is 0 Å². The van der Waals surface area contributed by atoms with E-state index in [1.807, 2.05) is 55.4 Å². The lowest BCUT2D eigenvalue weighted by Gasteiger charge is -2.19. The molecule has 0 saturated heterocycles. The first-order valence-corrected chi connectivity index (χ1v) is 19.7. The smallest absolute Gasteiger partial charge is 0.0408 e. The highest BCUT2D eigenvalue weighted by Crippen LogP contribution is 2.27. The number of benzene rings is 6. The summed E-state index contributed by atoms with van der Waals surface area (Å²) in [5.41, 5.74) is 11.8. The predicted octanol–water partition coefficient (Wildman–Crippen LogP) is 15.8. The summed E-state index contributed by atoms with van der Waals surface area (Å²) in [5.74, 6) is 0. The van der Waals surface area contributed by atoms with Crippen LogP contribution in [0.15, 0.2) is 194 Å². The number of hydrogen-bond acceptors (Lipinski definition) is 1. The van der Waals surface area contributed by atoms with E-state index in [1.54, 1.807) is 0 Å². The average Bonchev–Trinajstić information content (AvgIpc) is 3.28. The summed E-state index contributed by atoms with van der Waals surface area (Å²) >= 11 is 0. The third-order valence-corrected chi connectivity index (χ3v) is 8.00. The summed E-state index contributed by atoms with van der Waals surface area (Å²) in [4.78, 5) is 2.21. The molecule has 6 rings (SSSR count). The van der Waals surface area contributed by atoms with Gasteiger partial charge in [0.15, 0.2) is 0 Å². The van der Waals surface area contributed by atoms with E-state index in [0.29, 0.717) is 0 Å². The number of hydrogen-bond donors (Lipinski definition) is 0. The Hall–Kier alpha value is -5.92. The zero-order chi connectivity index (χ0) is 39.4. The summed E-state index contributed by atoms with van der Waals surface area (Å²) in [7, 11) is 2.11. The van der Waals surface area contributed by atoms with Crippen LogP contribution in [0.25, 0.3) is 23.3 Å². The molecule has 0 amide bonds. The molecule has 0 saturated carbocycles. The largest absolute Gasteiger partial charge is 0.345 e. The minimum absolute atomic E-state index is 1.14. The first-order valence-electron chi connectivity index (χ1n) is 19.7. The molecule has 0 spiro atoms. The molecule has 0 aromatic heterocycles. The summed E-state index contributed by atoms with van der Waals surface area (Å²) < 4.78 is 0. The molecule has 54 heavy (non-hydrogen) atoms. The third kappa shape index (κ3) is 13.9. The zero-order valence-electron chi connectivity index (χ0n) is 34.1. The molecule has 0 bridgehead atoms. The maximum absolute atomic E-state index is 2.21. The van der Waals surface area contributed by atoms with Gasteiger partial charge in [-0.2, -0.15) is 0 Å². The van der Waals surface area contributed by atoms with Crippen LogP contribution in [0.2, 0.25) is 0 Å². The second-order valence-electron chi connectivity index (χ2n) is 11.1. The van der Waals surface area contributed by atoms with Crippen molar-refractivity contribution in [2.75, 3.05) is 11.9 Å². The van der Waals surface area contributed by atoms with Crippen molar-refractivity contribution >= 4 is 34.7 Å². The van der Waals surface area contributed by atoms with Gasteiger partial charge in [-0.15, -0.1) is 0 Å². The molecule has 1 heteroatoms. The van der Waals surface area contributed by atoms with Crippen molar-refractivity contribution in [2.24, 2.45) is 0 Å². The second kappa shape index (κ2) is 26.8. The molecule has 0 aliphatic rings. The first-order chi connectivity index (χ1) is 26.7. The summed E-state index contributed by atoms with van der Waals surface area (Å²) in [6.45, 7) is 16.0. The molecular formula is C53H61N. The van der Waals surface area contributed by atoms with Crippen molar-refractivity contribution in [1.82, 2.24) is 0 Å². The minimum atomic E-state index is 1.14. The topological polar surface area (TPSA) is 3.24 Å². The van der Waals surface area contributed by atoms with E-state index >= 15 is 0 Å². The van der Waals surface area contributed by atoms with Crippen molar-refractivity contribution in [3.63, 3.8) is 0 Å². The maximum Gasteiger partial charge on any atom is 0.0408 e. The van der Waals surface area contributed by atoms with Crippen LogP contribution in [0.5, 0.6) is 0 Å². The van der Waals surface area contributed by atoms with E-state index in [9.17, 15) is 0 Å². The average molecular weight is 712 g/mol. The summed E-state index contributed by atoms with van der Waals surface area (Å²) in [6, 6.07) is 59.5. The molecule has 1 nitrogen and oxygen atoms in total. The minimum Gasteiger partial charge on any atom is -0.345 e. The molecule has 6 aromatic carbocycles. The van der Waals surface area contributed by atoms with Crippen LogP contribution >= 0.6 is 0 Å². The van der Waals surface area contributed by atoms with Crippen molar-refractivity contribution in [1.29, 1.82) is 0 Å². The van der Waals surface area contributed by atoms with E-state index in [2.05, 4.69) is 218 Å². The standard InChI is InChI=1S/C45H37N.4C2H6/c1-46(42-32-28-36(29-33-42)16-14-26-44(38-18-6-2-7-19-38)39-20-8-3-9-21-39)43-34-30-37(31-35-43)17-15-27-45(40-22-10-4-11-23-40)41-24-12-5-13-25-41;4*1-2/h2-35H,1H3;4*1-2H3. The Morgan fingerprint density at radius 3 is 0.815 bits per heavy atom. The molecule has 0 radical (unpaired) electrons. The molecule has 6 aromatic rings. The highest BCUT2D eigenvalue weighted by atomic mass is 15.1. The Bertz CT molecular complexity index is 1700. The summed E-state index contributed by atoms with van der Waals surface area (Å²) in [5, 5.41) is 0. The predicted molar refractivity (Wildman–Crippen MR) is 244 cm³/mol. The number of nitrogens with zero attached hydrogens (tertiary/aromatic N) is 1. The Morgan fingerprint density at radius 1 is 0.333 bits per heavy atom. The fourth-order valence-electron chi connectivity index (χ4n) is 5.47. The monoisotopic (exact) mass is 711 g/mol. The second-order valence-corrected chi connectivity index (χ2v) is 11.1. The zero-order valence-corrected chi connectivity index (χ0v) is 34.1. The van der Waals surface area contributed by atoms with E-state index < -0.39 is 0 Å². The van der Waals surface area contributed by atoms with Crippen LogP contribution < -0.4 is 4.90 Å². The third-order valence-electron chi connectivity index (χ3n) is 8.00. The highest BCUT2D eigenvalue weighted by Gasteiger charge is 2.06. The highest BCUT2D eigenvalue weighted by molar-refractivity contribution is 5.82. The lowest BCUT2D eigenvalue weighted by molar-refractivity contribution is 1.21. The van der Waals surface area contributed by atoms with Crippen LogP contribution in [0.4, 0.5) is 11.4 Å². The Labute approximate surface area is 328 Å². The molecule has 0 atom stereocenters. The summed E-state index contributed by atoms with van der Waals surface area (Å²) in [6.07, 6.45) is 13.0. The number of anilines is 2. The van der Waals surface area contributed by atoms with Gasteiger partial charge in [0.2, 0.25) is 0 Å². The fourth-order valence-corrected chi connectivity index (χ4v) is 5.47. The van der Waals surface area contributed by atoms with E-state index in [1.165, 1.54) is 33.4 Å². The fraction of sp³-hybridized carbons (Fsp3) is 0.170. The van der Waals surface area contributed by atoms with Crippen LogP contribution in [0.3, 0.4) is 0 Å². The Kier molecular flexibility index (Phi) is 22.0. The number of allylic oxidation sites excluding steroid dienone is 4. The Balaban J connectivity index is 0.00000118. The molecule has 0 aliphatic carbocycles. The maximum atomic E-state index is 2.21. The van der Waals surface area contributed by atoms with Crippen LogP contribution in [0, 0.1) is 0 Å². The van der Waals surface area contributed by atoms with Gasteiger partial charge in [-0.3, -0.25) is 0 Å². The quantitative estimate of drug-likeness (QED) is 0.128. The van der Waals surface area contributed by atoms with Gasteiger partial charge in [0, 0.05) is 18.4 Å². The van der Waals surface area contributed by atoms with Gasteiger partial charge < -0.3 is 4.90 Å². The van der Waals surface area contributed by atoms with E-state index in [0.717, 1.165) is 22.5 Å².